The lowest BCUT2D eigenvalue weighted by Crippen LogP contribution is -2.16. The predicted molar refractivity (Wildman–Crippen MR) is 98.2 cm³/mol. The van der Waals surface area contributed by atoms with Gasteiger partial charge in [0.2, 0.25) is 0 Å². The van der Waals surface area contributed by atoms with Crippen LogP contribution in [-0.4, -0.2) is 14.8 Å². The van der Waals surface area contributed by atoms with E-state index in [1.807, 2.05) is 0 Å². The van der Waals surface area contributed by atoms with E-state index in [1.165, 1.54) is 51.4 Å². The van der Waals surface area contributed by atoms with Crippen molar-refractivity contribution in [1.82, 2.24) is 14.8 Å². The first kappa shape index (κ1) is 20.1. The standard InChI is InChI=1S/C19H38N4/c1-5-9-11-16(7-3)13-18-21-19(14-20)23(22-18)15-17(8-4)12-10-6-2/h16-17H,5-15,20H2,1-4H3. The Balaban J connectivity index is 2.71. The first-order valence-corrected chi connectivity index (χ1v) is 9.80. The molecule has 0 spiro atoms. The number of nitrogens with zero attached hydrogens (tertiary/aromatic N) is 3. The summed E-state index contributed by atoms with van der Waals surface area (Å²) in [5, 5.41) is 4.80. The summed E-state index contributed by atoms with van der Waals surface area (Å²) in [4.78, 5) is 4.72. The van der Waals surface area contributed by atoms with E-state index in [4.69, 9.17) is 15.8 Å². The molecular weight excluding hydrogens is 284 g/mol. The maximum Gasteiger partial charge on any atom is 0.151 e. The van der Waals surface area contributed by atoms with Gasteiger partial charge < -0.3 is 5.73 Å². The lowest BCUT2D eigenvalue weighted by Gasteiger charge is -2.15. The molecule has 0 aliphatic heterocycles. The van der Waals surface area contributed by atoms with E-state index < -0.39 is 0 Å². The van der Waals surface area contributed by atoms with Gasteiger partial charge in [0, 0.05) is 13.0 Å². The van der Waals surface area contributed by atoms with Crippen LogP contribution in [0.2, 0.25) is 0 Å². The summed E-state index contributed by atoms with van der Waals surface area (Å²) in [5.74, 6) is 3.36. The summed E-state index contributed by atoms with van der Waals surface area (Å²) in [6.45, 7) is 10.5. The van der Waals surface area contributed by atoms with Crippen LogP contribution in [0.5, 0.6) is 0 Å². The number of unbranched alkanes of at least 4 members (excludes halogenated alkanes) is 2. The third kappa shape index (κ3) is 7.03. The molecular formula is C19H38N4. The van der Waals surface area contributed by atoms with Crippen LogP contribution in [0, 0.1) is 11.8 Å². The Morgan fingerprint density at radius 1 is 0.957 bits per heavy atom. The fourth-order valence-corrected chi connectivity index (χ4v) is 3.17. The molecule has 0 fully saturated rings. The smallest absolute Gasteiger partial charge is 0.151 e. The highest BCUT2D eigenvalue weighted by Gasteiger charge is 2.16. The Bertz CT molecular complexity index is 414. The molecule has 23 heavy (non-hydrogen) atoms. The van der Waals surface area contributed by atoms with E-state index in [0.717, 1.165) is 24.6 Å². The fourth-order valence-electron chi connectivity index (χ4n) is 3.17. The van der Waals surface area contributed by atoms with Gasteiger partial charge in [0.1, 0.15) is 5.82 Å². The Morgan fingerprint density at radius 2 is 1.57 bits per heavy atom. The number of hydrogen-bond donors (Lipinski definition) is 1. The van der Waals surface area contributed by atoms with Crippen LogP contribution in [0.25, 0.3) is 0 Å². The van der Waals surface area contributed by atoms with Gasteiger partial charge in [-0.2, -0.15) is 5.10 Å². The number of nitrogens with two attached hydrogens (primary N) is 1. The second kappa shape index (κ2) is 11.6. The van der Waals surface area contributed by atoms with Crippen LogP contribution in [0.4, 0.5) is 0 Å². The molecule has 0 radical (unpaired) electrons. The zero-order valence-electron chi connectivity index (χ0n) is 15.9. The maximum absolute atomic E-state index is 5.90. The van der Waals surface area contributed by atoms with Crippen LogP contribution in [0.1, 0.15) is 90.7 Å². The highest BCUT2D eigenvalue weighted by Crippen LogP contribution is 2.19. The Hall–Kier alpha value is -0.900. The van der Waals surface area contributed by atoms with Gasteiger partial charge in [0.15, 0.2) is 5.82 Å². The lowest BCUT2D eigenvalue weighted by atomic mass is 9.96. The molecule has 2 atom stereocenters. The van der Waals surface area contributed by atoms with Crippen molar-refractivity contribution in [3.05, 3.63) is 11.6 Å². The molecule has 4 heteroatoms. The molecule has 0 bridgehead atoms. The molecule has 1 aromatic rings. The van der Waals surface area contributed by atoms with E-state index >= 15 is 0 Å². The lowest BCUT2D eigenvalue weighted by molar-refractivity contribution is 0.362. The van der Waals surface area contributed by atoms with Crippen molar-refractivity contribution in [1.29, 1.82) is 0 Å². The summed E-state index contributed by atoms with van der Waals surface area (Å²) in [6, 6.07) is 0. The Labute approximate surface area is 143 Å². The van der Waals surface area contributed by atoms with Gasteiger partial charge in [0.25, 0.3) is 0 Å². The molecule has 0 amide bonds. The van der Waals surface area contributed by atoms with E-state index in [2.05, 4.69) is 32.4 Å². The van der Waals surface area contributed by atoms with Crippen molar-refractivity contribution >= 4 is 0 Å². The second-order valence-electron chi connectivity index (χ2n) is 6.87. The molecule has 0 saturated heterocycles. The minimum atomic E-state index is 0.489. The average molecular weight is 323 g/mol. The van der Waals surface area contributed by atoms with E-state index in [1.54, 1.807) is 0 Å². The minimum absolute atomic E-state index is 0.489. The summed E-state index contributed by atoms with van der Waals surface area (Å²) in [6.07, 6.45) is 11.1. The van der Waals surface area contributed by atoms with Crippen molar-refractivity contribution in [2.24, 2.45) is 17.6 Å². The molecule has 0 saturated carbocycles. The van der Waals surface area contributed by atoms with Crippen molar-refractivity contribution in [2.75, 3.05) is 0 Å². The number of hydrogen-bond acceptors (Lipinski definition) is 3. The Kier molecular flexibility index (Phi) is 10.2. The highest BCUT2D eigenvalue weighted by atomic mass is 15.4. The molecule has 0 aliphatic rings. The van der Waals surface area contributed by atoms with Gasteiger partial charge in [-0.15, -0.1) is 0 Å². The summed E-state index contributed by atoms with van der Waals surface area (Å²) in [5.41, 5.74) is 5.90. The van der Waals surface area contributed by atoms with E-state index in [0.29, 0.717) is 18.4 Å². The third-order valence-corrected chi connectivity index (χ3v) is 4.96. The van der Waals surface area contributed by atoms with Gasteiger partial charge in [-0.1, -0.05) is 72.6 Å². The quantitative estimate of drug-likeness (QED) is 0.572. The fraction of sp³-hybridized carbons (Fsp3) is 0.895. The first-order chi connectivity index (χ1) is 11.2. The molecule has 134 valence electrons. The topological polar surface area (TPSA) is 56.7 Å². The SMILES string of the molecule is CCCCC(CC)Cc1nc(CN)n(CC(CC)CCCC)n1. The van der Waals surface area contributed by atoms with Crippen molar-refractivity contribution in [3.63, 3.8) is 0 Å². The van der Waals surface area contributed by atoms with E-state index in [-0.39, 0.29) is 0 Å². The molecule has 1 heterocycles. The van der Waals surface area contributed by atoms with Gasteiger partial charge in [-0.25, -0.2) is 9.67 Å². The molecule has 2 unspecified atom stereocenters. The monoisotopic (exact) mass is 322 g/mol. The van der Waals surface area contributed by atoms with Crippen LogP contribution in [0.15, 0.2) is 0 Å². The van der Waals surface area contributed by atoms with Gasteiger partial charge in [-0.3, -0.25) is 0 Å². The summed E-state index contributed by atoms with van der Waals surface area (Å²) < 4.78 is 2.09. The van der Waals surface area contributed by atoms with Crippen LogP contribution in [0.3, 0.4) is 0 Å². The molecule has 0 aromatic carbocycles. The predicted octanol–water partition coefficient (Wildman–Crippen LogP) is 4.71. The average Bonchev–Trinajstić information content (AvgIpc) is 2.96. The Morgan fingerprint density at radius 3 is 2.09 bits per heavy atom. The zero-order chi connectivity index (χ0) is 17.1. The summed E-state index contributed by atoms with van der Waals surface area (Å²) >= 11 is 0. The number of aromatic nitrogens is 3. The minimum Gasteiger partial charge on any atom is -0.324 e. The maximum atomic E-state index is 5.90. The van der Waals surface area contributed by atoms with E-state index in [9.17, 15) is 0 Å². The zero-order valence-corrected chi connectivity index (χ0v) is 15.9. The molecule has 0 aliphatic carbocycles. The molecule has 2 N–H and O–H groups in total. The molecule has 1 rings (SSSR count). The van der Waals surface area contributed by atoms with Gasteiger partial charge >= 0.3 is 0 Å². The normalized spacial score (nSPS) is 14.1. The molecule has 1 aromatic heterocycles. The van der Waals surface area contributed by atoms with Crippen molar-refractivity contribution in [3.8, 4) is 0 Å². The number of rotatable bonds is 13. The first-order valence-electron chi connectivity index (χ1n) is 9.80. The van der Waals surface area contributed by atoms with Crippen LogP contribution < -0.4 is 5.73 Å². The van der Waals surface area contributed by atoms with Crippen LogP contribution in [-0.2, 0) is 19.5 Å². The second-order valence-corrected chi connectivity index (χ2v) is 6.87. The highest BCUT2D eigenvalue weighted by molar-refractivity contribution is 4.94. The molecule has 4 nitrogen and oxygen atoms in total. The van der Waals surface area contributed by atoms with Gasteiger partial charge in [0.05, 0.1) is 6.54 Å². The van der Waals surface area contributed by atoms with Crippen molar-refractivity contribution < 1.29 is 0 Å². The summed E-state index contributed by atoms with van der Waals surface area (Å²) in [7, 11) is 0. The van der Waals surface area contributed by atoms with Crippen molar-refractivity contribution in [2.45, 2.75) is 98.6 Å². The van der Waals surface area contributed by atoms with Gasteiger partial charge in [-0.05, 0) is 18.3 Å². The van der Waals surface area contributed by atoms with Crippen LogP contribution >= 0.6 is 0 Å². The largest absolute Gasteiger partial charge is 0.324 e. The third-order valence-electron chi connectivity index (χ3n) is 4.96.